The molecule has 0 radical (unpaired) electrons. The van der Waals surface area contributed by atoms with Crippen LogP contribution in [-0.4, -0.2) is 37.0 Å². The number of carbonyl (C=O) groups excluding carboxylic acids is 1. The van der Waals surface area contributed by atoms with Crippen molar-refractivity contribution >= 4 is 16.9 Å². The Balaban J connectivity index is 1.36. The van der Waals surface area contributed by atoms with Gasteiger partial charge < -0.3 is 19.4 Å². The minimum absolute atomic E-state index is 0.322. The van der Waals surface area contributed by atoms with Crippen LogP contribution in [0.15, 0.2) is 28.7 Å². The van der Waals surface area contributed by atoms with E-state index < -0.39 is 0 Å². The molecule has 1 saturated heterocycles. The third-order valence-corrected chi connectivity index (χ3v) is 5.46. The molecule has 1 aromatic heterocycles. The fourth-order valence-electron chi connectivity index (χ4n) is 3.81. The Hall–Kier alpha value is -2.01. The molecule has 2 aromatic rings. The van der Waals surface area contributed by atoms with Crippen LogP contribution in [0, 0.1) is 11.8 Å². The van der Waals surface area contributed by atoms with Gasteiger partial charge in [-0.1, -0.05) is 19.1 Å². The monoisotopic (exact) mass is 342 g/mol. The lowest BCUT2D eigenvalue weighted by atomic mass is 9.93. The van der Waals surface area contributed by atoms with Gasteiger partial charge in [0.05, 0.1) is 13.7 Å². The van der Waals surface area contributed by atoms with E-state index in [1.807, 2.05) is 18.2 Å². The Morgan fingerprint density at radius 2 is 2.20 bits per heavy atom. The summed E-state index contributed by atoms with van der Waals surface area (Å²) in [7, 11) is 1.66. The van der Waals surface area contributed by atoms with Gasteiger partial charge in [0.25, 0.3) is 0 Å². The van der Waals surface area contributed by atoms with Gasteiger partial charge in [-0.3, -0.25) is 4.79 Å². The summed E-state index contributed by atoms with van der Waals surface area (Å²) in [5.74, 6) is 2.83. The van der Waals surface area contributed by atoms with Crippen LogP contribution in [-0.2, 0) is 11.3 Å². The van der Waals surface area contributed by atoms with Crippen LogP contribution in [0.3, 0.4) is 0 Å². The van der Waals surface area contributed by atoms with Crippen LogP contribution in [0.1, 0.15) is 31.9 Å². The fraction of sp³-hybridized carbons (Fsp3) is 0.550. The minimum atomic E-state index is 0.322. The number of hydrogen-bond donors (Lipinski definition) is 1. The third kappa shape index (κ3) is 3.38. The van der Waals surface area contributed by atoms with Crippen LogP contribution in [0.5, 0.6) is 5.75 Å². The van der Waals surface area contributed by atoms with E-state index in [-0.39, 0.29) is 0 Å². The van der Waals surface area contributed by atoms with Crippen molar-refractivity contribution < 1.29 is 13.9 Å². The lowest BCUT2D eigenvalue weighted by molar-refractivity contribution is -0.134. The van der Waals surface area contributed by atoms with Crippen molar-refractivity contribution in [1.82, 2.24) is 10.2 Å². The zero-order chi connectivity index (χ0) is 17.4. The van der Waals surface area contributed by atoms with Crippen molar-refractivity contribution in [3.63, 3.8) is 0 Å². The van der Waals surface area contributed by atoms with Gasteiger partial charge in [-0.15, -0.1) is 0 Å². The van der Waals surface area contributed by atoms with Crippen LogP contribution < -0.4 is 10.1 Å². The molecule has 1 N–H and O–H groups in total. The number of hydrogen-bond acceptors (Lipinski definition) is 4. The van der Waals surface area contributed by atoms with Crippen molar-refractivity contribution in [3.05, 3.63) is 30.0 Å². The number of para-hydroxylation sites is 1. The first-order chi connectivity index (χ1) is 12.2. The molecule has 4 rings (SSSR count). The third-order valence-electron chi connectivity index (χ3n) is 5.46. The Morgan fingerprint density at radius 1 is 1.36 bits per heavy atom. The van der Waals surface area contributed by atoms with Gasteiger partial charge in [-0.2, -0.15) is 0 Å². The van der Waals surface area contributed by atoms with Gasteiger partial charge in [0.1, 0.15) is 5.76 Å². The van der Waals surface area contributed by atoms with Crippen LogP contribution in [0.2, 0.25) is 0 Å². The molecular formula is C20H26N2O3. The molecule has 1 aliphatic carbocycles. The number of piperidine rings is 1. The maximum atomic E-state index is 12.2. The average molecular weight is 342 g/mol. The number of methoxy groups -OCH3 is 1. The molecule has 0 unspecified atom stereocenters. The molecule has 1 saturated carbocycles. The summed E-state index contributed by atoms with van der Waals surface area (Å²) < 4.78 is 11.3. The molecule has 0 bridgehead atoms. The average Bonchev–Trinajstić information content (AvgIpc) is 3.38. The van der Waals surface area contributed by atoms with E-state index in [1.165, 1.54) is 0 Å². The number of likely N-dealkylation sites (tertiary alicyclic amines) is 1. The molecule has 134 valence electrons. The number of carbonyl (C=O) groups is 1. The first-order valence-corrected chi connectivity index (χ1v) is 9.23. The number of amides is 1. The number of benzene rings is 1. The quantitative estimate of drug-likeness (QED) is 0.907. The molecule has 1 amide bonds. The van der Waals surface area contributed by atoms with Crippen LogP contribution in [0.25, 0.3) is 11.0 Å². The Morgan fingerprint density at radius 3 is 2.92 bits per heavy atom. The summed E-state index contributed by atoms with van der Waals surface area (Å²) in [4.78, 5) is 14.3. The molecule has 5 heteroatoms. The number of fused-ring (bicyclic) bond motifs is 1. The molecule has 0 spiro atoms. The lowest BCUT2D eigenvalue weighted by Crippen LogP contribution is -2.50. The fourth-order valence-corrected chi connectivity index (χ4v) is 3.81. The van der Waals surface area contributed by atoms with E-state index in [2.05, 4.69) is 23.2 Å². The molecule has 2 aliphatic rings. The lowest BCUT2D eigenvalue weighted by Gasteiger charge is -2.37. The maximum absolute atomic E-state index is 12.2. The van der Waals surface area contributed by atoms with E-state index in [9.17, 15) is 4.79 Å². The molecule has 2 heterocycles. The van der Waals surface area contributed by atoms with Gasteiger partial charge in [0.15, 0.2) is 11.3 Å². The Bertz CT molecular complexity index is 765. The Kier molecular flexibility index (Phi) is 4.42. The standard InChI is InChI=1S/C20H26N2O3/c1-13-12-22(20(23)14-6-7-14)9-8-17(13)21-11-16-10-15-4-3-5-18(24-2)19(15)25-16/h3-5,10,13-14,17,21H,6-9,11-12H2,1-2H3/t13-,17-/m0/s1. The summed E-state index contributed by atoms with van der Waals surface area (Å²) in [6.45, 7) is 4.65. The van der Waals surface area contributed by atoms with Crippen LogP contribution >= 0.6 is 0 Å². The maximum Gasteiger partial charge on any atom is 0.225 e. The number of nitrogens with one attached hydrogen (secondary N) is 1. The normalized spacial score (nSPS) is 23.8. The summed E-state index contributed by atoms with van der Waals surface area (Å²) in [6.07, 6.45) is 3.17. The number of furan rings is 1. The molecular weight excluding hydrogens is 316 g/mol. The SMILES string of the molecule is COc1cccc2cc(CN[C@H]3CCN(C(=O)C4CC4)C[C@@H]3C)oc12. The topological polar surface area (TPSA) is 54.7 Å². The van der Waals surface area contributed by atoms with Gasteiger partial charge >= 0.3 is 0 Å². The van der Waals surface area contributed by atoms with Gasteiger partial charge in [-0.05, 0) is 37.3 Å². The number of rotatable bonds is 5. The van der Waals surface area contributed by atoms with Gasteiger partial charge in [-0.25, -0.2) is 0 Å². The smallest absolute Gasteiger partial charge is 0.225 e. The first kappa shape index (κ1) is 16.5. The predicted octanol–water partition coefficient (Wildman–Crippen LogP) is 3.18. The zero-order valence-electron chi connectivity index (χ0n) is 15.0. The zero-order valence-corrected chi connectivity index (χ0v) is 15.0. The highest BCUT2D eigenvalue weighted by Gasteiger charge is 2.36. The second kappa shape index (κ2) is 6.71. The molecule has 1 aromatic carbocycles. The summed E-state index contributed by atoms with van der Waals surface area (Å²) in [6, 6.07) is 8.41. The van der Waals surface area contributed by atoms with E-state index in [4.69, 9.17) is 9.15 Å². The number of nitrogens with zero attached hydrogens (tertiary/aromatic N) is 1. The van der Waals surface area contributed by atoms with E-state index in [0.29, 0.717) is 30.3 Å². The highest BCUT2D eigenvalue weighted by molar-refractivity contribution is 5.83. The van der Waals surface area contributed by atoms with E-state index in [1.54, 1.807) is 7.11 Å². The van der Waals surface area contributed by atoms with Crippen molar-refractivity contribution in [1.29, 1.82) is 0 Å². The molecule has 2 atom stereocenters. The molecule has 2 fully saturated rings. The van der Waals surface area contributed by atoms with E-state index >= 15 is 0 Å². The van der Waals surface area contributed by atoms with Crippen molar-refractivity contribution in [3.8, 4) is 5.75 Å². The van der Waals surface area contributed by atoms with Gasteiger partial charge in [0, 0.05) is 30.4 Å². The Labute approximate surface area is 148 Å². The summed E-state index contributed by atoms with van der Waals surface area (Å²) >= 11 is 0. The minimum Gasteiger partial charge on any atom is -0.493 e. The van der Waals surface area contributed by atoms with Crippen LogP contribution in [0.4, 0.5) is 0 Å². The summed E-state index contributed by atoms with van der Waals surface area (Å²) in [5, 5.41) is 4.68. The van der Waals surface area contributed by atoms with Crippen molar-refractivity contribution in [2.45, 2.75) is 38.8 Å². The second-order valence-electron chi connectivity index (χ2n) is 7.40. The van der Waals surface area contributed by atoms with Crippen molar-refractivity contribution in [2.75, 3.05) is 20.2 Å². The predicted molar refractivity (Wildman–Crippen MR) is 96.5 cm³/mol. The van der Waals surface area contributed by atoms with Gasteiger partial charge in [0.2, 0.25) is 5.91 Å². The molecule has 25 heavy (non-hydrogen) atoms. The molecule has 1 aliphatic heterocycles. The largest absolute Gasteiger partial charge is 0.493 e. The number of ether oxygens (including phenoxy) is 1. The van der Waals surface area contributed by atoms with Crippen molar-refractivity contribution in [2.24, 2.45) is 11.8 Å². The molecule has 5 nitrogen and oxygen atoms in total. The highest BCUT2D eigenvalue weighted by Crippen LogP contribution is 2.33. The summed E-state index contributed by atoms with van der Waals surface area (Å²) in [5.41, 5.74) is 0.805. The second-order valence-corrected chi connectivity index (χ2v) is 7.40. The first-order valence-electron chi connectivity index (χ1n) is 9.23. The van der Waals surface area contributed by atoms with E-state index in [0.717, 1.165) is 54.8 Å². The highest BCUT2D eigenvalue weighted by atomic mass is 16.5.